The maximum atomic E-state index is 5.89. The van der Waals surface area contributed by atoms with E-state index in [0.717, 1.165) is 27.1 Å². The second-order valence-corrected chi connectivity index (χ2v) is 8.07. The monoisotopic (exact) mass is 384 g/mol. The summed E-state index contributed by atoms with van der Waals surface area (Å²) in [7, 11) is 3.28. The summed E-state index contributed by atoms with van der Waals surface area (Å²) >= 11 is 7.56. The molecule has 0 radical (unpaired) electrons. The highest BCUT2D eigenvalue weighted by atomic mass is 32.1. The Hall–Kier alpha value is -2.31. The molecule has 0 spiro atoms. The first-order valence-electron chi connectivity index (χ1n) is 8.33. The molecular formula is C20H20N2O2S2. The highest BCUT2D eigenvalue weighted by molar-refractivity contribution is 7.71. The zero-order chi connectivity index (χ0) is 18.5. The molecule has 0 atom stereocenters. The summed E-state index contributed by atoms with van der Waals surface area (Å²) in [6, 6.07) is 14.2. The van der Waals surface area contributed by atoms with Crippen molar-refractivity contribution in [1.29, 1.82) is 0 Å². The van der Waals surface area contributed by atoms with E-state index in [1.807, 2.05) is 24.3 Å². The van der Waals surface area contributed by atoms with Crippen molar-refractivity contribution in [1.82, 2.24) is 3.96 Å². The van der Waals surface area contributed by atoms with E-state index in [2.05, 4.69) is 41.3 Å². The lowest BCUT2D eigenvalue weighted by atomic mass is 9.90. The van der Waals surface area contributed by atoms with Gasteiger partial charge in [0.05, 0.1) is 30.3 Å². The minimum absolute atomic E-state index is 0.191. The maximum Gasteiger partial charge on any atom is 0.162 e. The predicted octanol–water partition coefficient (Wildman–Crippen LogP) is 5.61. The molecule has 1 aliphatic rings. The Morgan fingerprint density at radius 3 is 2.50 bits per heavy atom. The van der Waals surface area contributed by atoms with Gasteiger partial charge in [0.25, 0.3) is 0 Å². The number of rotatable bonds is 3. The molecule has 0 saturated carbocycles. The van der Waals surface area contributed by atoms with Gasteiger partial charge in [-0.25, -0.2) is 0 Å². The molecule has 0 fully saturated rings. The lowest BCUT2D eigenvalue weighted by Gasteiger charge is -2.33. The van der Waals surface area contributed by atoms with E-state index in [4.69, 9.17) is 21.7 Å². The first-order valence-corrected chi connectivity index (χ1v) is 9.51. The van der Waals surface area contributed by atoms with E-state index in [9.17, 15) is 0 Å². The van der Waals surface area contributed by atoms with Crippen LogP contribution in [0.1, 0.15) is 18.7 Å². The number of ether oxygens (including phenoxy) is 2. The number of hydrogen-bond acceptors (Lipinski definition) is 5. The molecule has 4 nitrogen and oxygen atoms in total. The van der Waals surface area contributed by atoms with Crippen molar-refractivity contribution in [3.8, 4) is 28.3 Å². The van der Waals surface area contributed by atoms with Crippen molar-refractivity contribution in [2.45, 2.75) is 19.4 Å². The summed E-state index contributed by atoms with van der Waals surface area (Å²) in [5.74, 6) is 1.40. The minimum Gasteiger partial charge on any atom is -0.493 e. The number of fused-ring (bicyclic) bond motifs is 3. The zero-order valence-corrected chi connectivity index (χ0v) is 16.8. The Morgan fingerprint density at radius 1 is 1.04 bits per heavy atom. The Balaban J connectivity index is 1.96. The van der Waals surface area contributed by atoms with Crippen LogP contribution in [0.3, 0.4) is 0 Å². The molecule has 0 amide bonds. The highest BCUT2D eigenvalue weighted by Gasteiger charge is 2.34. The highest BCUT2D eigenvalue weighted by Crippen LogP contribution is 2.47. The SMILES string of the molecule is COc1ccc(-n2sc3c(c2=S)-c2ccccc2NC3(C)C)cc1OC. The predicted molar refractivity (Wildman–Crippen MR) is 110 cm³/mol. The van der Waals surface area contributed by atoms with Crippen molar-refractivity contribution < 1.29 is 9.47 Å². The van der Waals surface area contributed by atoms with Crippen molar-refractivity contribution in [3.63, 3.8) is 0 Å². The van der Waals surface area contributed by atoms with Crippen LogP contribution in [0.2, 0.25) is 0 Å². The molecular weight excluding hydrogens is 364 g/mol. The number of methoxy groups -OCH3 is 2. The van der Waals surface area contributed by atoms with Gasteiger partial charge in [0.1, 0.15) is 4.64 Å². The largest absolute Gasteiger partial charge is 0.493 e. The lowest BCUT2D eigenvalue weighted by molar-refractivity contribution is 0.355. The second-order valence-electron chi connectivity index (χ2n) is 6.73. The summed E-state index contributed by atoms with van der Waals surface area (Å²) in [5, 5.41) is 3.63. The van der Waals surface area contributed by atoms with Crippen LogP contribution in [-0.4, -0.2) is 18.2 Å². The number of benzene rings is 2. The van der Waals surface area contributed by atoms with Crippen molar-refractivity contribution in [2.24, 2.45) is 0 Å². The maximum absolute atomic E-state index is 5.89. The standard InChI is InChI=1S/C20H20N2O2S2/c1-20(2)18-17(13-7-5-6-8-14(13)21-20)19(25)22(26-18)12-9-10-15(23-3)16(11-12)24-4/h5-11,21H,1-4H3. The molecule has 0 bridgehead atoms. The average Bonchev–Trinajstić information content (AvgIpc) is 2.99. The fourth-order valence-electron chi connectivity index (χ4n) is 3.37. The third kappa shape index (κ3) is 2.52. The summed E-state index contributed by atoms with van der Waals surface area (Å²) in [6.07, 6.45) is 0. The van der Waals surface area contributed by atoms with Crippen LogP contribution in [0.4, 0.5) is 5.69 Å². The molecule has 26 heavy (non-hydrogen) atoms. The normalized spacial score (nSPS) is 14.2. The molecule has 0 saturated heterocycles. The minimum atomic E-state index is -0.191. The number of para-hydroxylation sites is 1. The smallest absolute Gasteiger partial charge is 0.162 e. The molecule has 1 aromatic heterocycles. The Labute approximate surface area is 162 Å². The third-order valence-corrected chi connectivity index (χ3v) is 6.60. The molecule has 0 unspecified atom stereocenters. The molecule has 0 aliphatic carbocycles. The van der Waals surface area contributed by atoms with Crippen LogP contribution in [0, 0.1) is 4.64 Å². The van der Waals surface area contributed by atoms with E-state index in [1.165, 1.54) is 4.88 Å². The number of nitrogens with zero attached hydrogens (tertiary/aromatic N) is 1. The van der Waals surface area contributed by atoms with E-state index in [1.54, 1.807) is 25.8 Å². The van der Waals surface area contributed by atoms with Crippen molar-refractivity contribution in [2.75, 3.05) is 19.5 Å². The van der Waals surface area contributed by atoms with Crippen LogP contribution in [0.5, 0.6) is 11.5 Å². The van der Waals surface area contributed by atoms with Crippen molar-refractivity contribution in [3.05, 3.63) is 52.0 Å². The first-order chi connectivity index (χ1) is 12.5. The molecule has 2 aromatic carbocycles. The molecule has 2 heterocycles. The number of nitrogens with one attached hydrogen (secondary N) is 1. The molecule has 1 aliphatic heterocycles. The molecule has 3 aromatic rings. The van der Waals surface area contributed by atoms with Gasteiger partial charge in [0.15, 0.2) is 11.5 Å². The number of aromatic nitrogens is 1. The lowest BCUT2D eigenvalue weighted by Crippen LogP contribution is -2.30. The quantitative estimate of drug-likeness (QED) is 0.595. The van der Waals surface area contributed by atoms with Gasteiger partial charge in [-0.2, -0.15) is 0 Å². The molecule has 134 valence electrons. The Morgan fingerprint density at radius 2 is 1.77 bits per heavy atom. The van der Waals surface area contributed by atoms with Crippen molar-refractivity contribution >= 4 is 29.4 Å². The summed E-state index contributed by atoms with van der Waals surface area (Å²) in [6.45, 7) is 4.37. The van der Waals surface area contributed by atoms with Crippen LogP contribution in [0.15, 0.2) is 42.5 Å². The summed E-state index contributed by atoms with van der Waals surface area (Å²) < 4.78 is 13.7. The molecule has 1 N–H and O–H groups in total. The van der Waals surface area contributed by atoms with E-state index >= 15 is 0 Å². The first kappa shape index (κ1) is 17.1. The second kappa shape index (κ2) is 6.14. The van der Waals surface area contributed by atoms with Gasteiger partial charge in [-0.1, -0.05) is 41.9 Å². The van der Waals surface area contributed by atoms with Gasteiger partial charge in [0, 0.05) is 22.9 Å². The number of anilines is 1. The van der Waals surface area contributed by atoms with Crippen LogP contribution >= 0.6 is 23.8 Å². The van der Waals surface area contributed by atoms with Gasteiger partial charge < -0.3 is 14.8 Å². The fraction of sp³-hybridized carbons (Fsp3) is 0.250. The Kier molecular flexibility index (Phi) is 4.04. The van der Waals surface area contributed by atoms with E-state index < -0.39 is 0 Å². The van der Waals surface area contributed by atoms with Crippen LogP contribution in [-0.2, 0) is 5.54 Å². The van der Waals surface area contributed by atoms with Crippen LogP contribution < -0.4 is 14.8 Å². The van der Waals surface area contributed by atoms with Crippen LogP contribution in [0.25, 0.3) is 16.8 Å². The average molecular weight is 385 g/mol. The third-order valence-electron chi connectivity index (χ3n) is 4.62. The zero-order valence-electron chi connectivity index (χ0n) is 15.1. The molecule has 4 rings (SSSR count). The van der Waals surface area contributed by atoms with Gasteiger partial charge in [-0.05, 0) is 32.0 Å². The van der Waals surface area contributed by atoms with Gasteiger partial charge in [-0.3, -0.25) is 3.96 Å². The topological polar surface area (TPSA) is 35.4 Å². The van der Waals surface area contributed by atoms with E-state index in [0.29, 0.717) is 11.5 Å². The summed E-state index contributed by atoms with van der Waals surface area (Å²) in [4.78, 5) is 1.23. The molecule has 6 heteroatoms. The fourth-order valence-corrected chi connectivity index (χ4v) is 5.01. The Bertz CT molecular complexity index is 1050. The van der Waals surface area contributed by atoms with E-state index in [-0.39, 0.29) is 5.54 Å². The van der Waals surface area contributed by atoms with Gasteiger partial charge >= 0.3 is 0 Å². The summed E-state index contributed by atoms with van der Waals surface area (Å²) in [5.41, 5.74) is 4.19. The van der Waals surface area contributed by atoms with Gasteiger partial charge in [-0.15, -0.1) is 0 Å². The van der Waals surface area contributed by atoms with Gasteiger partial charge in [0.2, 0.25) is 0 Å². The number of hydrogen-bond donors (Lipinski definition) is 1.